The van der Waals surface area contributed by atoms with Crippen LogP contribution in [-0.4, -0.2) is 8.42 Å². The van der Waals surface area contributed by atoms with Crippen LogP contribution in [0.2, 0.25) is 5.02 Å². The van der Waals surface area contributed by atoms with Crippen molar-refractivity contribution in [1.82, 2.24) is 0 Å². The lowest BCUT2D eigenvalue weighted by molar-refractivity contribution is 0.590. The first kappa shape index (κ1) is 18.4. The van der Waals surface area contributed by atoms with Gasteiger partial charge in [-0.1, -0.05) is 41.9 Å². The highest BCUT2D eigenvalue weighted by molar-refractivity contribution is 7.92. The van der Waals surface area contributed by atoms with Gasteiger partial charge in [-0.05, 0) is 60.5 Å². The number of anilines is 1. The highest BCUT2D eigenvalue weighted by Crippen LogP contribution is 2.28. The highest BCUT2D eigenvalue weighted by Gasteiger charge is 2.26. The molecule has 0 aromatic heterocycles. The maximum atomic E-state index is 13.8. The Kier molecular flexibility index (Phi) is 5.30. The van der Waals surface area contributed by atoms with Crippen LogP contribution in [0.15, 0.2) is 77.7 Å². The summed E-state index contributed by atoms with van der Waals surface area (Å²) in [5.41, 5.74) is 2.07. The van der Waals surface area contributed by atoms with Gasteiger partial charge in [0.25, 0.3) is 10.0 Å². The molecule has 0 atom stereocenters. The average Bonchev–Trinajstić information content (AvgIpc) is 2.61. The lowest BCUT2D eigenvalue weighted by Gasteiger charge is -2.25. The van der Waals surface area contributed by atoms with E-state index in [4.69, 9.17) is 11.6 Å². The monoisotopic (exact) mass is 389 g/mol. The van der Waals surface area contributed by atoms with Crippen molar-refractivity contribution >= 4 is 27.3 Å². The third-order valence-corrected chi connectivity index (χ3v) is 6.11. The molecule has 0 amide bonds. The summed E-state index contributed by atoms with van der Waals surface area (Å²) in [7, 11) is -3.89. The Hall–Kier alpha value is -2.37. The van der Waals surface area contributed by atoms with Crippen LogP contribution < -0.4 is 4.31 Å². The summed E-state index contributed by atoms with van der Waals surface area (Å²) in [6, 6.07) is 19.0. The second-order valence-corrected chi connectivity index (χ2v) is 8.17. The molecule has 3 nitrogen and oxygen atoms in total. The molecule has 0 aliphatic rings. The van der Waals surface area contributed by atoms with Crippen LogP contribution in [0.3, 0.4) is 0 Å². The summed E-state index contributed by atoms with van der Waals surface area (Å²) in [5, 5.41) is 0.445. The average molecular weight is 390 g/mol. The lowest BCUT2D eigenvalue weighted by atomic mass is 10.1. The van der Waals surface area contributed by atoms with Gasteiger partial charge in [0.05, 0.1) is 17.1 Å². The Labute approximate surface area is 157 Å². The van der Waals surface area contributed by atoms with Gasteiger partial charge < -0.3 is 0 Å². The summed E-state index contributed by atoms with van der Waals surface area (Å²) >= 11 is 5.87. The van der Waals surface area contributed by atoms with Crippen LogP contribution in [0.5, 0.6) is 0 Å². The van der Waals surface area contributed by atoms with E-state index in [1.165, 1.54) is 46.8 Å². The zero-order chi connectivity index (χ0) is 18.7. The second-order valence-electron chi connectivity index (χ2n) is 5.87. The molecule has 134 valence electrons. The third kappa shape index (κ3) is 3.89. The van der Waals surface area contributed by atoms with Crippen molar-refractivity contribution in [1.29, 1.82) is 0 Å². The molecule has 3 aromatic rings. The minimum absolute atomic E-state index is 0.0970. The topological polar surface area (TPSA) is 37.4 Å². The number of hydrogen-bond donors (Lipinski definition) is 0. The summed E-state index contributed by atoms with van der Waals surface area (Å²) < 4.78 is 41.4. The smallest absolute Gasteiger partial charge is 0.262 e. The lowest BCUT2D eigenvalue weighted by Crippen LogP contribution is -2.31. The van der Waals surface area contributed by atoms with Crippen LogP contribution in [0, 0.1) is 12.7 Å². The number of nitrogens with zero attached hydrogens (tertiary/aromatic N) is 1. The Bertz CT molecular complexity index is 1020. The molecule has 0 fully saturated rings. The normalized spacial score (nSPS) is 11.3. The van der Waals surface area contributed by atoms with E-state index in [1.54, 1.807) is 6.07 Å². The molecule has 26 heavy (non-hydrogen) atoms. The van der Waals surface area contributed by atoms with E-state index in [1.807, 2.05) is 31.2 Å². The van der Waals surface area contributed by atoms with Crippen LogP contribution >= 0.6 is 11.6 Å². The van der Waals surface area contributed by atoms with Gasteiger partial charge in [0.15, 0.2) is 0 Å². The van der Waals surface area contributed by atoms with Gasteiger partial charge in [-0.2, -0.15) is 0 Å². The zero-order valence-corrected chi connectivity index (χ0v) is 15.6. The van der Waals surface area contributed by atoms with Crippen LogP contribution in [0.25, 0.3) is 0 Å². The fraction of sp³-hybridized carbons (Fsp3) is 0.100. The summed E-state index contributed by atoms with van der Waals surface area (Å²) in [5.74, 6) is -0.497. The largest absolute Gasteiger partial charge is 0.264 e. The van der Waals surface area contributed by atoms with Crippen molar-refractivity contribution in [2.24, 2.45) is 0 Å². The highest BCUT2D eigenvalue weighted by atomic mass is 35.5. The minimum atomic E-state index is -3.89. The van der Waals surface area contributed by atoms with Gasteiger partial charge in [-0.3, -0.25) is 4.31 Å². The van der Waals surface area contributed by atoms with Crippen LogP contribution in [-0.2, 0) is 16.6 Å². The molecule has 0 N–H and O–H groups in total. The summed E-state index contributed by atoms with van der Waals surface area (Å²) in [4.78, 5) is 0.0970. The molecule has 0 radical (unpaired) electrons. The first-order valence-corrected chi connectivity index (χ1v) is 9.78. The van der Waals surface area contributed by atoms with Crippen molar-refractivity contribution in [3.8, 4) is 0 Å². The number of rotatable bonds is 5. The number of hydrogen-bond acceptors (Lipinski definition) is 2. The first-order valence-electron chi connectivity index (χ1n) is 7.96. The first-order chi connectivity index (χ1) is 12.4. The van der Waals surface area contributed by atoms with E-state index in [0.29, 0.717) is 5.02 Å². The predicted octanol–water partition coefficient (Wildman–Crippen LogP) is 5.18. The summed E-state index contributed by atoms with van der Waals surface area (Å²) in [6.45, 7) is 2.01. The van der Waals surface area contributed by atoms with Crippen molar-refractivity contribution in [2.45, 2.75) is 18.4 Å². The Morgan fingerprint density at radius 3 is 2.31 bits per heavy atom. The number of benzene rings is 3. The molecule has 0 aliphatic carbocycles. The maximum Gasteiger partial charge on any atom is 0.264 e. The molecule has 3 rings (SSSR count). The standard InChI is InChI=1S/C20H17ClFNO2S/c1-15-5-2-3-6-16(15)14-23(19-8-4-7-18(22)13-19)26(24,25)20-11-9-17(21)10-12-20/h2-13H,14H2,1H3. The molecule has 0 aliphatic heterocycles. The Balaban J connectivity index is 2.11. The molecule has 0 spiro atoms. The number of aryl methyl sites for hydroxylation is 1. The maximum absolute atomic E-state index is 13.8. The van der Waals surface area contributed by atoms with Crippen molar-refractivity contribution < 1.29 is 12.8 Å². The Morgan fingerprint density at radius 2 is 1.65 bits per heavy atom. The van der Waals surface area contributed by atoms with Gasteiger partial charge in [0.2, 0.25) is 0 Å². The molecule has 6 heteroatoms. The molecular formula is C20H17ClFNO2S. The van der Waals surface area contributed by atoms with Gasteiger partial charge in [-0.15, -0.1) is 0 Å². The molecular weight excluding hydrogens is 373 g/mol. The number of halogens is 2. The van der Waals surface area contributed by atoms with E-state index < -0.39 is 15.8 Å². The molecule has 0 saturated heterocycles. The SMILES string of the molecule is Cc1ccccc1CN(c1cccc(F)c1)S(=O)(=O)c1ccc(Cl)cc1. The van der Waals surface area contributed by atoms with Gasteiger partial charge >= 0.3 is 0 Å². The minimum Gasteiger partial charge on any atom is -0.262 e. The molecule has 0 saturated carbocycles. The molecule has 0 unspecified atom stereocenters. The van der Waals surface area contributed by atoms with E-state index in [0.717, 1.165) is 11.1 Å². The van der Waals surface area contributed by atoms with Crippen molar-refractivity contribution in [2.75, 3.05) is 4.31 Å². The van der Waals surface area contributed by atoms with Gasteiger partial charge in [-0.25, -0.2) is 12.8 Å². The van der Waals surface area contributed by atoms with E-state index in [9.17, 15) is 12.8 Å². The van der Waals surface area contributed by atoms with Crippen molar-refractivity contribution in [3.05, 3.63) is 94.8 Å². The molecule has 3 aromatic carbocycles. The fourth-order valence-electron chi connectivity index (χ4n) is 2.62. The van der Waals surface area contributed by atoms with Crippen LogP contribution in [0.4, 0.5) is 10.1 Å². The molecule has 0 heterocycles. The number of sulfonamides is 1. The van der Waals surface area contributed by atoms with E-state index in [-0.39, 0.29) is 17.1 Å². The van der Waals surface area contributed by atoms with Gasteiger partial charge in [0, 0.05) is 5.02 Å². The molecule has 0 bridgehead atoms. The quantitative estimate of drug-likeness (QED) is 0.602. The summed E-state index contributed by atoms with van der Waals surface area (Å²) in [6.07, 6.45) is 0. The fourth-order valence-corrected chi connectivity index (χ4v) is 4.18. The van der Waals surface area contributed by atoms with Crippen LogP contribution in [0.1, 0.15) is 11.1 Å². The van der Waals surface area contributed by atoms with E-state index in [2.05, 4.69) is 0 Å². The van der Waals surface area contributed by atoms with Gasteiger partial charge in [0.1, 0.15) is 5.82 Å². The van der Waals surface area contributed by atoms with Crippen molar-refractivity contribution in [3.63, 3.8) is 0 Å². The zero-order valence-electron chi connectivity index (χ0n) is 14.1. The third-order valence-electron chi connectivity index (χ3n) is 4.07. The van der Waals surface area contributed by atoms with E-state index >= 15 is 0 Å². The predicted molar refractivity (Wildman–Crippen MR) is 102 cm³/mol. The Morgan fingerprint density at radius 1 is 0.962 bits per heavy atom. The second kappa shape index (κ2) is 7.48.